The van der Waals surface area contributed by atoms with Gasteiger partial charge < -0.3 is 16.4 Å². The Bertz CT molecular complexity index is 1020. The second-order valence-electron chi connectivity index (χ2n) is 6.28. The van der Waals surface area contributed by atoms with E-state index in [1.165, 1.54) is 6.20 Å². The monoisotopic (exact) mass is 402 g/mol. The first-order valence-corrected chi connectivity index (χ1v) is 9.29. The molecule has 0 saturated heterocycles. The number of nitriles is 1. The van der Waals surface area contributed by atoms with Crippen LogP contribution in [0.5, 0.6) is 0 Å². The van der Waals surface area contributed by atoms with Gasteiger partial charge in [0.25, 0.3) is 5.91 Å². The first kappa shape index (κ1) is 20.0. The highest BCUT2D eigenvalue weighted by Gasteiger charge is 2.19. The first-order chi connectivity index (χ1) is 14.1. The summed E-state index contributed by atoms with van der Waals surface area (Å²) >= 11 is 6.00. The second-order valence-corrected chi connectivity index (χ2v) is 6.69. The predicted octanol–water partition coefficient (Wildman–Crippen LogP) is 4.65. The summed E-state index contributed by atoms with van der Waals surface area (Å²) in [5.74, 6) is -0.487. The fraction of sp³-hybridized carbons (Fsp3) is 0.0435. The van der Waals surface area contributed by atoms with Crippen LogP contribution >= 0.6 is 11.6 Å². The van der Waals surface area contributed by atoms with Gasteiger partial charge in [-0.3, -0.25) is 4.79 Å². The zero-order valence-electron chi connectivity index (χ0n) is 15.5. The number of rotatable bonds is 6. The average molecular weight is 403 g/mol. The SMILES string of the molecule is N#C/C(=C/Nc1ccc(N)c(Cl)c1)C(=O)NC(c1ccccc1)c1ccccc1. The lowest BCUT2D eigenvalue weighted by Gasteiger charge is -2.19. The molecule has 0 saturated carbocycles. The number of nitrogens with one attached hydrogen (secondary N) is 2. The van der Waals surface area contributed by atoms with E-state index in [2.05, 4.69) is 10.6 Å². The lowest BCUT2D eigenvalue weighted by Crippen LogP contribution is -2.30. The molecule has 0 aliphatic rings. The Labute approximate surface area is 174 Å². The Hall–Kier alpha value is -3.75. The number of carbonyl (C=O) groups excluding carboxylic acids is 1. The molecule has 3 aromatic carbocycles. The van der Waals surface area contributed by atoms with E-state index in [0.717, 1.165) is 11.1 Å². The maximum Gasteiger partial charge on any atom is 0.264 e. The van der Waals surface area contributed by atoms with Crippen molar-refractivity contribution in [2.45, 2.75) is 6.04 Å². The van der Waals surface area contributed by atoms with Crippen LogP contribution in [0.15, 0.2) is 90.6 Å². The number of carbonyl (C=O) groups is 1. The number of amides is 1. The molecule has 0 radical (unpaired) electrons. The van der Waals surface area contributed by atoms with Crippen molar-refractivity contribution in [1.29, 1.82) is 5.26 Å². The standard InChI is InChI=1S/C23H19ClN4O/c24-20-13-19(11-12-21(20)26)27-15-18(14-25)23(29)28-22(16-7-3-1-4-8-16)17-9-5-2-6-10-17/h1-13,15,22,27H,26H2,(H,28,29)/b18-15-. The molecule has 0 aliphatic heterocycles. The number of benzene rings is 3. The van der Waals surface area contributed by atoms with Gasteiger partial charge in [-0.25, -0.2) is 0 Å². The van der Waals surface area contributed by atoms with Gasteiger partial charge >= 0.3 is 0 Å². The molecule has 0 spiro atoms. The van der Waals surface area contributed by atoms with Crippen LogP contribution in [0.4, 0.5) is 11.4 Å². The third kappa shape index (κ3) is 5.16. The van der Waals surface area contributed by atoms with Crippen molar-refractivity contribution < 1.29 is 4.79 Å². The van der Waals surface area contributed by atoms with Crippen molar-refractivity contribution in [3.05, 3.63) is 107 Å². The van der Waals surface area contributed by atoms with E-state index in [1.807, 2.05) is 66.7 Å². The van der Waals surface area contributed by atoms with Crippen molar-refractivity contribution in [1.82, 2.24) is 5.32 Å². The number of nitrogens with zero attached hydrogens (tertiary/aromatic N) is 1. The summed E-state index contributed by atoms with van der Waals surface area (Å²) in [5, 5.41) is 15.7. The smallest absolute Gasteiger partial charge is 0.264 e. The summed E-state index contributed by atoms with van der Waals surface area (Å²) in [5.41, 5.74) is 8.54. The molecule has 3 aromatic rings. The minimum absolute atomic E-state index is 0.0604. The van der Waals surface area contributed by atoms with Gasteiger partial charge in [-0.05, 0) is 29.3 Å². The van der Waals surface area contributed by atoms with Crippen LogP contribution in [0.1, 0.15) is 17.2 Å². The third-order valence-corrected chi connectivity index (χ3v) is 4.62. The fourth-order valence-electron chi connectivity index (χ4n) is 2.78. The maximum atomic E-state index is 12.8. The highest BCUT2D eigenvalue weighted by atomic mass is 35.5. The molecule has 4 N–H and O–H groups in total. The molecule has 5 nitrogen and oxygen atoms in total. The van der Waals surface area contributed by atoms with E-state index in [0.29, 0.717) is 16.4 Å². The Morgan fingerprint density at radius 2 is 1.59 bits per heavy atom. The summed E-state index contributed by atoms with van der Waals surface area (Å²) in [6, 6.07) is 25.7. The Kier molecular flexibility index (Phi) is 6.51. The maximum absolute atomic E-state index is 12.8. The van der Waals surface area contributed by atoms with E-state index in [4.69, 9.17) is 17.3 Å². The van der Waals surface area contributed by atoms with Crippen molar-refractivity contribution >= 4 is 28.9 Å². The molecule has 144 valence electrons. The zero-order valence-corrected chi connectivity index (χ0v) is 16.2. The van der Waals surface area contributed by atoms with E-state index in [1.54, 1.807) is 18.2 Å². The molecule has 0 aliphatic carbocycles. The van der Waals surface area contributed by atoms with E-state index in [-0.39, 0.29) is 11.6 Å². The van der Waals surface area contributed by atoms with Crippen LogP contribution in [0.3, 0.4) is 0 Å². The van der Waals surface area contributed by atoms with E-state index < -0.39 is 5.91 Å². The summed E-state index contributed by atoms with van der Waals surface area (Å²) < 4.78 is 0. The largest absolute Gasteiger partial charge is 0.398 e. The van der Waals surface area contributed by atoms with Gasteiger partial charge in [0.2, 0.25) is 0 Å². The number of hydrogen-bond acceptors (Lipinski definition) is 4. The third-order valence-electron chi connectivity index (χ3n) is 4.29. The molecule has 0 bridgehead atoms. The Balaban J connectivity index is 1.82. The molecule has 0 fully saturated rings. The van der Waals surface area contributed by atoms with Crippen LogP contribution in [0, 0.1) is 11.3 Å². The number of anilines is 2. The normalized spacial score (nSPS) is 11.0. The first-order valence-electron chi connectivity index (χ1n) is 8.91. The molecule has 0 heterocycles. The number of hydrogen-bond donors (Lipinski definition) is 3. The molecule has 6 heteroatoms. The molecule has 0 unspecified atom stereocenters. The molecule has 0 aromatic heterocycles. The minimum atomic E-state index is -0.487. The molecule has 1 amide bonds. The lowest BCUT2D eigenvalue weighted by molar-refractivity contribution is -0.117. The van der Waals surface area contributed by atoms with Crippen LogP contribution in [-0.4, -0.2) is 5.91 Å². The Morgan fingerprint density at radius 1 is 1.00 bits per heavy atom. The molecule has 29 heavy (non-hydrogen) atoms. The highest BCUT2D eigenvalue weighted by molar-refractivity contribution is 6.33. The van der Waals surface area contributed by atoms with E-state index >= 15 is 0 Å². The van der Waals surface area contributed by atoms with Gasteiger partial charge in [-0.1, -0.05) is 72.3 Å². The fourth-order valence-corrected chi connectivity index (χ4v) is 2.96. The average Bonchev–Trinajstić information content (AvgIpc) is 2.76. The van der Waals surface area contributed by atoms with Crippen LogP contribution in [0.25, 0.3) is 0 Å². The van der Waals surface area contributed by atoms with E-state index in [9.17, 15) is 10.1 Å². The lowest BCUT2D eigenvalue weighted by atomic mass is 9.98. The van der Waals surface area contributed by atoms with Crippen LogP contribution in [0.2, 0.25) is 5.02 Å². The predicted molar refractivity (Wildman–Crippen MR) is 116 cm³/mol. The highest BCUT2D eigenvalue weighted by Crippen LogP contribution is 2.24. The van der Waals surface area contributed by atoms with Crippen molar-refractivity contribution in [3.8, 4) is 6.07 Å². The molecule has 3 rings (SSSR count). The molecule has 0 atom stereocenters. The van der Waals surface area contributed by atoms with Gasteiger partial charge in [-0.2, -0.15) is 5.26 Å². The van der Waals surface area contributed by atoms with Gasteiger partial charge in [0.15, 0.2) is 0 Å². The number of halogens is 1. The summed E-state index contributed by atoms with van der Waals surface area (Å²) in [6.07, 6.45) is 1.35. The Morgan fingerprint density at radius 3 is 2.10 bits per heavy atom. The summed E-state index contributed by atoms with van der Waals surface area (Å²) in [7, 11) is 0. The molecular formula is C23H19ClN4O. The number of nitrogen functional groups attached to an aromatic ring is 1. The van der Waals surface area contributed by atoms with Crippen molar-refractivity contribution in [2.24, 2.45) is 0 Å². The minimum Gasteiger partial charge on any atom is -0.398 e. The van der Waals surface area contributed by atoms with Gasteiger partial charge in [0.05, 0.1) is 16.8 Å². The topological polar surface area (TPSA) is 90.9 Å². The quantitative estimate of drug-likeness (QED) is 0.318. The van der Waals surface area contributed by atoms with Crippen LogP contribution in [-0.2, 0) is 4.79 Å². The summed E-state index contributed by atoms with van der Waals surface area (Å²) in [4.78, 5) is 12.8. The van der Waals surface area contributed by atoms with Gasteiger partial charge in [0.1, 0.15) is 11.6 Å². The van der Waals surface area contributed by atoms with Gasteiger partial charge in [0, 0.05) is 11.9 Å². The van der Waals surface area contributed by atoms with Gasteiger partial charge in [-0.15, -0.1) is 0 Å². The second kappa shape index (κ2) is 9.45. The van der Waals surface area contributed by atoms with Crippen LogP contribution < -0.4 is 16.4 Å². The number of nitrogens with two attached hydrogens (primary N) is 1. The molecular weight excluding hydrogens is 384 g/mol. The zero-order chi connectivity index (χ0) is 20.6. The van der Waals surface area contributed by atoms with Crippen molar-refractivity contribution in [3.63, 3.8) is 0 Å². The summed E-state index contributed by atoms with van der Waals surface area (Å²) in [6.45, 7) is 0. The van der Waals surface area contributed by atoms with Crippen molar-refractivity contribution in [2.75, 3.05) is 11.1 Å².